The zero-order valence-corrected chi connectivity index (χ0v) is 12.7. The Bertz CT molecular complexity index is 363. The standard InChI is InChI=1S/C17H28N2/c1-4-6-13-19(16-11-12-16)15-9-7-14(8-10-15)17(5-2)18-3/h7-10,16-18H,4-6,11-13H2,1-3H3. The summed E-state index contributed by atoms with van der Waals surface area (Å²) in [6, 6.07) is 10.5. The van der Waals surface area contributed by atoms with Crippen molar-refractivity contribution >= 4 is 5.69 Å². The molecule has 1 saturated carbocycles. The maximum Gasteiger partial charge on any atom is 0.0368 e. The van der Waals surface area contributed by atoms with Gasteiger partial charge >= 0.3 is 0 Å². The van der Waals surface area contributed by atoms with Crippen LogP contribution in [0.1, 0.15) is 57.6 Å². The Morgan fingerprint density at radius 2 is 1.89 bits per heavy atom. The molecular weight excluding hydrogens is 232 g/mol. The second-order valence-corrected chi connectivity index (χ2v) is 5.62. The maximum atomic E-state index is 3.37. The highest BCUT2D eigenvalue weighted by molar-refractivity contribution is 5.50. The van der Waals surface area contributed by atoms with Gasteiger partial charge in [0.2, 0.25) is 0 Å². The van der Waals surface area contributed by atoms with Crippen LogP contribution in [-0.4, -0.2) is 19.6 Å². The van der Waals surface area contributed by atoms with E-state index in [2.05, 4.69) is 48.3 Å². The highest BCUT2D eigenvalue weighted by atomic mass is 15.2. The van der Waals surface area contributed by atoms with Crippen LogP contribution < -0.4 is 10.2 Å². The molecule has 0 amide bonds. The van der Waals surface area contributed by atoms with Crippen LogP contribution in [-0.2, 0) is 0 Å². The number of rotatable bonds is 8. The van der Waals surface area contributed by atoms with Gasteiger partial charge in [0.25, 0.3) is 0 Å². The van der Waals surface area contributed by atoms with Gasteiger partial charge < -0.3 is 10.2 Å². The van der Waals surface area contributed by atoms with Crippen LogP contribution in [0.3, 0.4) is 0 Å². The summed E-state index contributed by atoms with van der Waals surface area (Å²) in [7, 11) is 2.04. The lowest BCUT2D eigenvalue weighted by atomic mass is 10.0. The Hall–Kier alpha value is -1.02. The third kappa shape index (κ3) is 3.73. The summed E-state index contributed by atoms with van der Waals surface area (Å²) < 4.78 is 0. The molecule has 1 aliphatic carbocycles. The van der Waals surface area contributed by atoms with E-state index in [0.29, 0.717) is 6.04 Å². The van der Waals surface area contributed by atoms with E-state index in [1.165, 1.54) is 43.5 Å². The number of unbranched alkanes of at least 4 members (excludes halogenated alkanes) is 1. The minimum atomic E-state index is 0.485. The van der Waals surface area contributed by atoms with Gasteiger partial charge in [-0.25, -0.2) is 0 Å². The molecule has 0 radical (unpaired) electrons. The van der Waals surface area contributed by atoms with E-state index in [0.717, 1.165) is 12.5 Å². The van der Waals surface area contributed by atoms with Crippen LogP contribution in [0.15, 0.2) is 24.3 Å². The average Bonchev–Trinajstić information content (AvgIpc) is 3.27. The van der Waals surface area contributed by atoms with Gasteiger partial charge in [-0.2, -0.15) is 0 Å². The van der Waals surface area contributed by atoms with E-state index in [9.17, 15) is 0 Å². The van der Waals surface area contributed by atoms with Crippen molar-refractivity contribution in [2.45, 2.75) is 58.0 Å². The maximum absolute atomic E-state index is 3.37. The lowest BCUT2D eigenvalue weighted by Gasteiger charge is -2.25. The zero-order chi connectivity index (χ0) is 13.7. The van der Waals surface area contributed by atoms with Crippen molar-refractivity contribution in [3.8, 4) is 0 Å². The summed E-state index contributed by atoms with van der Waals surface area (Å²) in [5, 5.41) is 3.37. The first kappa shape index (κ1) is 14.4. The largest absolute Gasteiger partial charge is 0.369 e. The van der Waals surface area contributed by atoms with Crippen LogP contribution in [0.5, 0.6) is 0 Å². The number of anilines is 1. The van der Waals surface area contributed by atoms with Crippen LogP contribution in [0, 0.1) is 0 Å². The monoisotopic (exact) mass is 260 g/mol. The molecule has 2 rings (SSSR count). The highest BCUT2D eigenvalue weighted by Crippen LogP contribution is 2.32. The molecule has 1 aromatic carbocycles. The van der Waals surface area contributed by atoms with Gasteiger partial charge in [-0.15, -0.1) is 0 Å². The summed E-state index contributed by atoms with van der Waals surface area (Å²) >= 11 is 0. The second-order valence-electron chi connectivity index (χ2n) is 5.62. The molecule has 0 aromatic heterocycles. The Balaban J connectivity index is 2.06. The van der Waals surface area contributed by atoms with E-state index in [-0.39, 0.29) is 0 Å². The number of hydrogen-bond acceptors (Lipinski definition) is 2. The Morgan fingerprint density at radius 3 is 2.37 bits per heavy atom. The normalized spacial score (nSPS) is 16.4. The van der Waals surface area contributed by atoms with E-state index < -0.39 is 0 Å². The first-order chi connectivity index (χ1) is 9.30. The SMILES string of the molecule is CCCCN(c1ccc(C(CC)NC)cc1)C1CC1. The minimum Gasteiger partial charge on any atom is -0.369 e. The molecular formula is C17H28N2. The number of hydrogen-bond donors (Lipinski definition) is 1. The van der Waals surface area contributed by atoms with Crippen molar-refractivity contribution in [1.82, 2.24) is 5.32 Å². The first-order valence-electron chi connectivity index (χ1n) is 7.84. The molecule has 0 bridgehead atoms. The third-order valence-electron chi connectivity index (χ3n) is 4.12. The minimum absolute atomic E-state index is 0.485. The molecule has 0 aliphatic heterocycles. The molecule has 2 nitrogen and oxygen atoms in total. The van der Waals surface area contributed by atoms with Crippen LogP contribution >= 0.6 is 0 Å². The van der Waals surface area contributed by atoms with Gasteiger partial charge in [-0.05, 0) is 50.4 Å². The van der Waals surface area contributed by atoms with Crippen molar-refractivity contribution in [2.24, 2.45) is 0 Å². The molecule has 19 heavy (non-hydrogen) atoms. The van der Waals surface area contributed by atoms with E-state index in [4.69, 9.17) is 0 Å². The second kappa shape index (κ2) is 6.95. The lowest BCUT2D eigenvalue weighted by molar-refractivity contribution is 0.577. The molecule has 1 aliphatic rings. The highest BCUT2D eigenvalue weighted by Gasteiger charge is 2.28. The smallest absolute Gasteiger partial charge is 0.0368 e. The molecule has 0 spiro atoms. The topological polar surface area (TPSA) is 15.3 Å². The number of benzene rings is 1. The quantitative estimate of drug-likeness (QED) is 0.756. The summed E-state index contributed by atoms with van der Waals surface area (Å²) in [5.74, 6) is 0. The van der Waals surface area contributed by atoms with E-state index in [1.807, 2.05) is 7.05 Å². The predicted octanol–water partition coefficient (Wildman–Crippen LogP) is 4.13. The zero-order valence-electron chi connectivity index (χ0n) is 12.7. The average molecular weight is 260 g/mol. The molecule has 0 heterocycles. The summed E-state index contributed by atoms with van der Waals surface area (Å²) in [5.41, 5.74) is 2.81. The van der Waals surface area contributed by atoms with Crippen LogP contribution in [0.4, 0.5) is 5.69 Å². The third-order valence-corrected chi connectivity index (χ3v) is 4.12. The number of nitrogens with one attached hydrogen (secondary N) is 1. The number of nitrogens with zero attached hydrogens (tertiary/aromatic N) is 1. The van der Waals surface area contributed by atoms with Gasteiger partial charge in [0.15, 0.2) is 0 Å². The molecule has 1 atom stereocenters. The van der Waals surface area contributed by atoms with Crippen LogP contribution in [0.2, 0.25) is 0 Å². The molecule has 2 heteroatoms. The van der Waals surface area contributed by atoms with Gasteiger partial charge in [0.05, 0.1) is 0 Å². The fourth-order valence-electron chi connectivity index (χ4n) is 2.74. The summed E-state index contributed by atoms with van der Waals surface area (Å²) in [6.07, 6.45) is 6.46. The van der Waals surface area contributed by atoms with Crippen molar-refractivity contribution in [3.63, 3.8) is 0 Å². The molecule has 106 valence electrons. The molecule has 1 aromatic rings. The fourth-order valence-corrected chi connectivity index (χ4v) is 2.74. The molecule has 1 fully saturated rings. The van der Waals surface area contributed by atoms with E-state index >= 15 is 0 Å². The van der Waals surface area contributed by atoms with Gasteiger partial charge in [0.1, 0.15) is 0 Å². The molecule has 1 N–H and O–H groups in total. The van der Waals surface area contributed by atoms with Crippen molar-refractivity contribution in [3.05, 3.63) is 29.8 Å². The molecule has 1 unspecified atom stereocenters. The fraction of sp³-hybridized carbons (Fsp3) is 0.647. The van der Waals surface area contributed by atoms with Gasteiger partial charge in [-0.3, -0.25) is 0 Å². The van der Waals surface area contributed by atoms with Gasteiger partial charge in [-0.1, -0.05) is 32.4 Å². The molecule has 0 saturated heterocycles. The predicted molar refractivity (Wildman–Crippen MR) is 83.8 cm³/mol. The first-order valence-corrected chi connectivity index (χ1v) is 7.84. The Kier molecular flexibility index (Phi) is 5.26. The van der Waals surface area contributed by atoms with E-state index in [1.54, 1.807) is 0 Å². The van der Waals surface area contributed by atoms with Crippen LogP contribution in [0.25, 0.3) is 0 Å². The lowest BCUT2D eigenvalue weighted by Crippen LogP contribution is -2.26. The van der Waals surface area contributed by atoms with Crippen molar-refractivity contribution in [2.75, 3.05) is 18.5 Å². The van der Waals surface area contributed by atoms with Gasteiger partial charge in [0, 0.05) is 24.3 Å². The Labute approximate surface area is 118 Å². The Morgan fingerprint density at radius 1 is 1.21 bits per heavy atom. The van der Waals surface area contributed by atoms with Crippen molar-refractivity contribution < 1.29 is 0 Å². The van der Waals surface area contributed by atoms with Crippen molar-refractivity contribution in [1.29, 1.82) is 0 Å². The summed E-state index contributed by atoms with van der Waals surface area (Å²) in [6.45, 7) is 5.71. The summed E-state index contributed by atoms with van der Waals surface area (Å²) in [4.78, 5) is 2.60.